The van der Waals surface area contributed by atoms with Gasteiger partial charge in [0, 0.05) is 0 Å². The van der Waals surface area contributed by atoms with Crippen LogP contribution in [0.5, 0.6) is 17.2 Å². The van der Waals surface area contributed by atoms with Crippen LogP contribution < -0.4 is 14.9 Å². The molecule has 1 heterocycles. The Labute approximate surface area is 114 Å². The molecule has 2 aromatic carbocycles. The lowest BCUT2D eigenvalue weighted by molar-refractivity contribution is 0.403. The predicted octanol–water partition coefficient (Wildman–Crippen LogP) is 2.67. The average Bonchev–Trinajstić information content (AvgIpc) is 2.47. The van der Waals surface area contributed by atoms with Crippen molar-refractivity contribution in [3.05, 3.63) is 40.6 Å². The molecule has 0 aliphatic rings. The summed E-state index contributed by atoms with van der Waals surface area (Å²) in [6, 6.07) is 7.71. The van der Waals surface area contributed by atoms with Gasteiger partial charge in [0.05, 0.1) is 19.6 Å². The summed E-state index contributed by atoms with van der Waals surface area (Å²) in [5.74, 6) is 0.860. The monoisotopic (exact) mass is 272 g/mol. The van der Waals surface area contributed by atoms with E-state index in [2.05, 4.69) is 0 Å². The Kier molecular flexibility index (Phi) is 2.75. The maximum absolute atomic E-state index is 12.6. The number of ether oxygens (including phenoxy) is 2. The Morgan fingerprint density at radius 2 is 1.75 bits per heavy atom. The molecule has 0 saturated carbocycles. The Balaban J connectivity index is 2.58. The SMILES string of the molecule is COc1ccc(OC)c2c(=O)c3cc(O)ccc3oc12. The van der Waals surface area contributed by atoms with Gasteiger partial charge in [-0.3, -0.25) is 4.79 Å². The van der Waals surface area contributed by atoms with Crippen molar-refractivity contribution in [1.29, 1.82) is 0 Å². The molecule has 0 spiro atoms. The molecule has 0 aliphatic heterocycles. The standard InChI is InChI=1S/C15H12O5/c1-18-11-5-6-12(19-2)15-13(11)14(17)9-7-8(16)3-4-10(9)20-15/h3-7,16H,1-2H3. The van der Waals surface area contributed by atoms with Crippen LogP contribution in [0.15, 0.2) is 39.5 Å². The smallest absolute Gasteiger partial charge is 0.204 e. The fourth-order valence-electron chi connectivity index (χ4n) is 2.22. The van der Waals surface area contributed by atoms with Crippen LogP contribution in [-0.4, -0.2) is 19.3 Å². The van der Waals surface area contributed by atoms with Crippen LogP contribution in [0.1, 0.15) is 0 Å². The summed E-state index contributed by atoms with van der Waals surface area (Å²) in [7, 11) is 2.98. The third kappa shape index (κ3) is 1.67. The number of phenols is 1. The number of methoxy groups -OCH3 is 2. The maximum atomic E-state index is 12.6. The molecule has 1 aromatic heterocycles. The van der Waals surface area contributed by atoms with Crippen LogP contribution in [0.2, 0.25) is 0 Å². The van der Waals surface area contributed by atoms with Gasteiger partial charge in [0.1, 0.15) is 22.5 Å². The van der Waals surface area contributed by atoms with Crippen molar-refractivity contribution in [2.45, 2.75) is 0 Å². The summed E-state index contributed by atoms with van der Waals surface area (Å²) in [4.78, 5) is 12.6. The summed E-state index contributed by atoms with van der Waals surface area (Å²) in [5, 5.41) is 10.1. The molecule has 0 fully saturated rings. The largest absolute Gasteiger partial charge is 0.508 e. The van der Waals surface area contributed by atoms with E-state index in [0.717, 1.165) is 0 Å². The molecule has 5 heteroatoms. The zero-order chi connectivity index (χ0) is 14.3. The van der Waals surface area contributed by atoms with Crippen LogP contribution in [-0.2, 0) is 0 Å². The fraction of sp³-hybridized carbons (Fsp3) is 0.133. The van der Waals surface area contributed by atoms with Gasteiger partial charge >= 0.3 is 0 Å². The molecule has 0 amide bonds. The van der Waals surface area contributed by atoms with Gasteiger partial charge in [0.2, 0.25) is 5.43 Å². The minimum atomic E-state index is -0.270. The summed E-state index contributed by atoms with van der Waals surface area (Å²) in [5.41, 5.74) is 0.440. The first kappa shape index (κ1) is 12.3. The highest BCUT2D eigenvalue weighted by atomic mass is 16.5. The van der Waals surface area contributed by atoms with E-state index in [1.54, 1.807) is 18.2 Å². The van der Waals surface area contributed by atoms with Gasteiger partial charge in [0.25, 0.3) is 0 Å². The van der Waals surface area contributed by atoms with Crippen LogP contribution >= 0.6 is 0 Å². The normalized spacial score (nSPS) is 10.9. The molecule has 0 unspecified atom stereocenters. The summed E-state index contributed by atoms with van der Waals surface area (Å²) in [6.45, 7) is 0. The van der Waals surface area contributed by atoms with E-state index in [4.69, 9.17) is 13.9 Å². The Hall–Kier alpha value is -2.69. The number of hydrogen-bond donors (Lipinski definition) is 1. The molecule has 0 radical (unpaired) electrons. The minimum absolute atomic E-state index is 0.00557. The van der Waals surface area contributed by atoms with Crippen molar-refractivity contribution in [3.8, 4) is 17.2 Å². The quantitative estimate of drug-likeness (QED) is 0.726. The van der Waals surface area contributed by atoms with Crippen LogP contribution in [0.4, 0.5) is 0 Å². The number of hydrogen-bond acceptors (Lipinski definition) is 5. The molecule has 0 bridgehead atoms. The zero-order valence-corrected chi connectivity index (χ0v) is 11.0. The van der Waals surface area contributed by atoms with Crippen molar-refractivity contribution in [1.82, 2.24) is 0 Å². The second-order valence-electron chi connectivity index (χ2n) is 4.29. The highest BCUT2D eigenvalue weighted by Crippen LogP contribution is 2.33. The number of benzene rings is 2. The van der Waals surface area contributed by atoms with Gasteiger partial charge in [-0.15, -0.1) is 0 Å². The molecule has 0 aliphatic carbocycles. The predicted molar refractivity (Wildman–Crippen MR) is 74.8 cm³/mol. The lowest BCUT2D eigenvalue weighted by Gasteiger charge is -2.09. The molecule has 5 nitrogen and oxygen atoms in total. The van der Waals surface area contributed by atoms with E-state index in [9.17, 15) is 9.90 Å². The topological polar surface area (TPSA) is 68.9 Å². The molecule has 20 heavy (non-hydrogen) atoms. The summed E-state index contributed by atoms with van der Waals surface area (Å²) in [6.07, 6.45) is 0. The van der Waals surface area contributed by atoms with E-state index in [0.29, 0.717) is 33.4 Å². The first-order valence-electron chi connectivity index (χ1n) is 5.96. The number of rotatable bonds is 2. The summed E-state index contributed by atoms with van der Waals surface area (Å²) < 4.78 is 16.2. The van der Waals surface area contributed by atoms with E-state index in [1.807, 2.05) is 0 Å². The zero-order valence-electron chi connectivity index (χ0n) is 11.0. The van der Waals surface area contributed by atoms with Crippen molar-refractivity contribution in [3.63, 3.8) is 0 Å². The van der Waals surface area contributed by atoms with E-state index < -0.39 is 0 Å². The van der Waals surface area contributed by atoms with Gasteiger partial charge < -0.3 is 19.0 Å². The first-order valence-corrected chi connectivity index (χ1v) is 5.96. The lowest BCUT2D eigenvalue weighted by atomic mass is 10.1. The molecule has 1 N–H and O–H groups in total. The van der Waals surface area contributed by atoms with E-state index >= 15 is 0 Å². The molecular formula is C15H12O5. The number of fused-ring (bicyclic) bond motifs is 2. The third-order valence-electron chi connectivity index (χ3n) is 3.17. The first-order chi connectivity index (χ1) is 9.65. The minimum Gasteiger partial charge on any atom is -0.508 e. The van der Waals surface area contributed by atoms with E-state index in [-0.39, 0.29) is 11.2 Å². The van der Waals surface area contributed by atoms with Crippen molar-refractivity contribution >= 4 is 21.9 Å². The van der Waals surface area contributed by atoms with Gasteiger partial charge in [0.15, 0.2) is 11.3 Å². The molecule has 102 valence electrons. The average molecular weight is 272 g/mol. The Morgan fingerprint density at radius 1 is 1.05 bits per heavy atom. The molecule has 3 rings (SSSR count). The third-order valence-corrected chi connectivity index (χ3v) is 3.17. The highest BCUT2D eigenvalue weighted by Gasteiger charge is 2.16. The van der Waals surface area contributed by atoms with Crippen molar-refractivity contribution in [2.75, 3.05) is 14.2 Å². The van der Waals surface area contributed by atoms with Crippen molar-refractivity contribution in [2.24, 2.45) is 0 Å². The highest BCUT2D eigenvalue weighted by molar-refractivity contribution is 5.96. The van der Waals surface area contributed by atoms with Crippen LogP contribution in [0, 0.1) is 0 Å². The lowest BCUT2D eigenvalue weighted by Crippen LogP contribution is -2.05. The van der Waals surface area contributed by atoms with Gasteiger partial charge in [-0.25, -0.2) is 0 Å². The van der Waals surface area contributed by atoms with Crippen molar-refractivity contribution < 1.29 is 19.0 Å². The summed E-state index contributed by atoms with van der Waals surface area (Å²) >= 11 is 0. The molecule has 0 saturated heterocycles. The number of aromatic hydroxyl groups is 1. The van der Waals surface area contributed by atoms with Gasteiger partial charge in [-0.2, -0.15) is 0 Å². The second-order valence-corrected chi connectivity index (χ2v) is 4.29. The second kappa shape index (κ2) is 4.45. The maximum Gasteiger partial charge on any atom is 0.204 e. The molecule has 3 aromatic rings. The fourth-order valence-corrected chi connectivity index (χ4v) is 2.22. The van der Waals surface area contributed by atoms with Crippen LogP contribution in [0.3, 0.4) is 0 Å². The Morgan fingerprint density at radius 3 is 2.45 bits per heavy atom. The molecule has 0 atom stereocenters. The van der Waals surface area contributed by atoms with Gasteiger partial charge in [-0.05, 0) is 30.3 Å². The molecular weight excluding hydrogens is 260 g/mol. The van der Waals surface area contributed by atoms with Gasteiger partial charge in [-0.1, -0.05) is 0 Å². The van der Waals surface area contributed by atoms with E-state index in [1.165, 1.54) is 26.4 Å². The Bertz CT molecular complexity index is 863. The van der Waals surface area contributed by atoms with Crippen LogP contribution in [0.25, 0.3) is 21.9 Å². The number of phenolic OH excluding ortho intramolecular Hbond substituents is 1.